The number of halogens is 3. The Bertz CT molecular complexity index is 881. The molecule has 0 amide bonds. The first-order valence-electron chi connectivity index (χ1n) is 10.6. The second-order valence-electron chi connectivity index (χ2n) is 7.24. The smallest absolute Gasteiger partial charge is 0.191 e. The number of methoxy groups -OCH3 is 1. The van der Waals surface area contributed by atoms with Gasteiger partial charge in [0.05, 0.1) is 32.9 Å². The Morgan fingerprint density at radius 3 is 2.48 bits per heavy atom. The van der Waals surface area contributed by atoms with Gasteiger partial charge < -0.3 is 24.8 Å². The van der Waals surface area contributed by atoms with Crippen LogP contribution in [0.2, 0.25) is 0 Å². The van der Waals surface area contributed by atoms with Gasteiger partial charge in [0.25, 0.3) is 0 Å². The highest BCUT2D eigenvalue weighted by molar-refractivity contribution is 14.0. The van der Waals surface area contributed by atoms with Gasteiger partial charge >= 0.3 is 0 Å². The van der Waals surface area contributed by atoms with Gasteiger partial charge in [0.2, 0.25) is 0 Å². The zero-order valence-corrected chi connectivity index (χ0v) is 21.2. The molecule has 1 saturated heterocycles. The third-order valence-electron chi connectivity index (χ3n) is 5.22. The van der Waals surface area contributed by atoms with Crippen LogP contribution in [0.1, 0.15) is 11.6 Å². The Hall–Kier alpha value is -2.18. The van der Waals surface area contributed by atoms with Crippen molar-refractivity contribution in [3.05, 3.63) is 59.7 Å². The van der Waals surface area contributed by atoms with Gasteiger partial charge in [-0.2, -0.15) is 0 Å². The van der Waals surface area contributed by atoms with Gasteiger partial charge in [0.1, 0.15) is 18.2 Å². The van der Waals surface area contributed by atoms with E-state index >= 15 is 0 Å². The minimum atomic E-state index is -0.722. The highest BCUT2D eigenvalue weighted by atomic mass is 127. The molecule has 0 radical (unpaired) electrons. The van der Waals surface area contributed by atoms with Gasteiger partial charge in [-0.25, -0.2) is 8.78 Å². The maximum atomic E-state index is 13.7. The fourth-order valence-electron chi connectivity index (χ4n) is 3.51. The lowest BCUT2D eigenvalue weighted by atomic mass is 10.0. The van der Waals surface area contributed by atoms with Crippen LogP contribution in [0.15, 0.2) is 47.5 Å². The number of ether oxygens (including phenoxy) is 3. The topological polar surface area (TPSA) is 67.4 Å². The van der Waals surface area contributed by atoms with E-state index in [0.717, 1.165) is 31.0 Å². The number of aliphatic imine (C=N–C) groups is 1. The van der Waals surface area contributed by atoms with Gasteiger partial charge in [0, 0.05) is 32.7 Å². The molecule has 2 aromatic carbocycles. The molecule has 0 aromatic heterocycles. The predicted molar refractivity (Wildman–Crippen MR) is 135 cm³/mol. The quantitative estimate of drug-likeness (QED) is 0.207. The summed E-state index contributed by atoms with van der Waals surface area (Å²) in [5, 5.41) is 6.51. The molecule has 3 rings (SSSR count). The summed E-state index contributed by atoms with van der Waals surface area (Å²) in [4.78, 5) is 6.63. The van der Waals surface area contributed by atoms with E-state index in [1.165, 1.54) is 11.6 Å². The Kier molecular flexibility index (Phi) is 11.6. The number of morpholine rings is 1. The van der Waals surface area contributed by atoms with E-state index in [0.29, 0.717) is 32.3 Å². The highest BCUT2D eigenvalue weighted by Crippen LogP contribution is 2.23. The summed E-state index contributed by atoms with van der Waals surface area (Å²) < 4.78 is 42.8. The minimum Gasteiger partial charge on any atom is -0.497 e. The molecule has 0 aliphatic carbocycles. The summed E-state index contributed by atoms with van der Waals surface area (Å²) in [6.45, 7) is 4.35. The largest absolute Gasteiger partial charge is 0.497 e. The van der Waals surface area contributed by atoms with Gasteiger partial charge in [-0.15, -0.1) is 24.0 Å². The molecule has 1 heterocycles. The molecule has 10 heteroatoms. The van der Waals surface area contributed by atoms with E-state index in [4.69, 9.17) is 14.2 Å². The molecule has 1 unspecified atom stereocenters. The third kappa shape index (κ3) is 8.27. The van der Waals surface area contributed by atoms with Crippen LogP contribution in [0.5, 0.6) is 11.5 Å². The Morgan fingerprint density at radius 1 is 1.12 bits per heavy atom. The SMILES string of the molecule is CN=C(NCCOc1ccc(F)cc1F)NCC(c1ccc(OC)cc1)N1CCOCC1.I. The Labute approximate surface area is 210 Å². The van der Waals surface area contributed by atoms with Crippen LogP contribution in [0.25, 0.3) is 0 Å². The number of nitrogens with one attached hydrogen (secondary N) is 2. The van der Waals surface area contributed by atoms with Gasteiger partial charge in [-0.3, -0.25) is 9.89 Å². The van der Waals surface area contributed by atoms with E-state index < -0.39 is 11.6 Å². The van der Waals surface area contributed by atoms with Crippen LogP contribution in [-0.2, 0) is 4.74 Å². The van der Waals surface area contributed by atoms with Crippen LogP contribution < -0.4 is 20.1 Å². The van der Waals surface area contributed by atoms with Crippen molar-refractivity contribution >= 4 is 29.9 Å². The van der Waals surface area contributed by atoms with E-state index in [1.54, 1.807) is 14.2 Å². The second kappa shape index (κ2) is 14.2. The van der Waals surface area contributed by atoms with Crippen molar-refractivity contribution in [2.24, 2.45) is 4.99 Å². The molecule has 1 aliphatic rings. The number of hydrogen-bond acceptors (Lipinski definition) is 5. The molecule has 2 aromatic rings. The number of nitrogens with zero attached hydrogens (tertiary/aromatic N) is 2. The van der Waals surface area contributed by atoms with E-state index in [9.17, 15) is 8.78 Å². The lowest BCUT2D eigenvalue weighted by molar-refractivity contribution is 0.0170. The van der Waals surface area contributed by atoms with Crippen LogP contribution in [0.3, 0.4) is 0 Å². The van der Waals surface area contributed by atoms with Crippen molar-refractivity contribution in [2.45, 2.75) is 6.04 Å². The predicted octanol–water partition coefficient (Wildman–Crippen LogP) is 3.21. The second-order valence-corrected chi connectivity index (χ2v) is 7.24. The summed E-state index contributed by atoms with van der Waals surface area (Å²) in [7, 11) is 3.34. The average molecular weight is 576 g/mol. The number of benzene rings is 2. The lowest BCUT2D eigenvalue weighted by Gasteiger charge is -2.35. The van der Waals surface area contributed by atoms with E-state index in [2.05, 4.69) is 32.7 Å². The molecular formula is C23H31F2IN4O3. The van der Waals surface area contributed by atoms with Crippen LogP contribution in [0, 0.1) is 11.6 Å². The molecule has 1 atom stereocenters. The van der Waals surface area contributed by atoms with E-state index in [1.807, 2.05) is 12.1 Å². The van der Waals surface area contributed by atoms with E-state index in [-0.39, 0.29) is 42.4 Å². The third-order valence-corrected chi connectivity index (χ3v) is 5.22. The standard InChI is InChI=1S/C23H30F2N4O3.HI/c1-26-23(27-9-12-32-22-8-5-18(24)15-20(22)25)28-16-21(29-10-13-31-14-11-29)17-3-6-19(30-2)7-4-17;/h3-8,15,21H,9-14,16H2,1-2H3,(H2,26,27,28);1H. The fourth-order valence-corrected chi connectivity index (χ4v) is 3.51. The zero-order chi connectivity index (χ0) is 22.8. The summed E-state index contributed by atoms with van der Waals surface area (Å²) in [5.41, 5.74) is 1.17. The van der Waals surface area contributed by atoms with Crippen LogP contribution in [0.4, 0.5) is 8.78 Å². The Morgan fingerprint density at radius 2 is 1.85 bits per heavy atom. The van der Waals surface area contributed by atoms with Gasteiger partial charge in [-0.05, 0) is 29.8 Å². The fraction of sp³-hybridized carbons (Fsp3) is 0.435. The van der Waals surface area contributed by atoms with Gasteiger partial charge in [-0.1, -0.05) is 12.1 Å². The molecule has 1 aliphatic heterocycles. The normalized spacial score (nSPS) is 15.3. The highest BCUT2D eigenvalue weighted by Gasteiger charge is 2.23. The maximum Gasteiger partial charge on any atom is 0.191 e. The molecule has 2 N–H and O–H groups in total. The zero-order valence-electron chi connectivity index (χ0n) is 18.9. The van der Waals surface area contributed by atoms with Crippen LogP contribution >= 0.6 is 24.0 Å². The number of hydrogen-bond donors (Lipinski definition) is 2. The molecule has 0 bridgehead atoms. The molecule has 182 valence electrons. The monoisotopic (exact) mass is 576 g/mol. The minimum absolute atomic E-state index is 0. The number of rotatable bonds is 9. The summed E-state index contributed by atoms with van der Waals surface area (Å²) in [6.07, 6.45) is 0. The summed E-state index contributed by atoms with van der Waals surface area (Å²) >= 11 is 0. The molecule has 1 fully saturated rings. The number of guanidine groups is 1. The van der Waals surface area contributed by atoms with Crippen molar-refractivity contribution in [2.75, 3.05) is 60.2 Å². The van der Waals surface area contributed by atoms with Crippen molar-refractivity contribution in [1.29, 1.82) is 0 Å². The summed E-state index contributed by atoms with van der Waals surface area (Å²) in [5.74, 6) is 0.0881. The molecule has 0 saturated carbocycles. The van der Waals surface area contributed by atoms with Crippen molar-refractivity contribution < 1.29 is 23.0 Å². The molecular weight excluding hydrogens is 545 g/mol. The van der Waals surface area contributed by atoms with Crippen molar-refractivity contribution in [3.8, 4) is 11.5 Å². The molecule has 33 heavy (non-hydrogen) atoms. The van der Waals surface area contributed by atoms with Crippen molar-refractivity contribution in [1.82, 2.24) is 15.5 Å². The maximum absolute atomic E-state index is 13.7. The van der Waals surface area contributed by atoms with Crippen LogP contribution in [-0.4, -0.2) is 71.0 Å². The molecule has 7 nitrogen and oxygen atoms in total. The Balaban J connectivity index is 0.00000385. The molecule has 0 spiro atoms. The average Bonchev–Trinajstić information content (AvgIpc) is 2.82. The lowest BCUT2D eigenvalue weighted by Crippen LogP contribution is -2.46. The first kappa shape index (κ1) is 27.1. The van der Waals surface area contributed by atoms with Gasteiger partial charge in [0.15, 0.2) is 17.5 Å². The van der Waals surface area contributed by atoms with Crippen molar-refractivity contribution in [3.63, 3.8) is 0 Å². The first-order valence-corrected chi connectivity index (χ1v) is 10.6. The first-order chi connectivity index (χ1) is 15.6. The summed E-state index contributed by atoms with van der Waals surface area (Å²) in [6, 6.07) is 11.4.